The highest BCUT2D eigenvalue weighted by Gasteiger charge is 2.14. The highest BCUT2D eigenvalue weighted by molar-refractivity contribution is 7.94. The van der Waals surface area contributed by atoms with E-state index in [2.05, 4.69) is 10.2 Å². The van der Waals surface area contributed by atoms with Crippen LogP contribution in [0, 0.1) is 0 Å². The molecule has 0 atom stereocenters. The van der Waals surface area contributed by atoms with Crippen LogP contribution < -0.4 is 16.0 Å². The van der Waals surface area contributed by atoms with Gasteiger partial charge >= 0.3 is 0 Å². The molecule has 1 aliphatic heterocycles. The molecule has 1 heterocycles. The standard InChI is InChI=1S/C10H13N3OS2/c11-10(15)12-8-3-1-2-4-9(8)13-5-6-14-16-7-13/h1-4H,5-7H2,(H3,11,12,15). The van der Waals surface area contributed by atoms with E-state index in [1.807, 2.05) is 24.3 Å². The van der Waals surface area contributed by atoms with Gasteiger partial charge in [-0.2, -0.15) is 0 Å². The van der Waals surface area contributed by atoms with Crippen LogP contribution in [0.2, 0.25) is 0 Å². The molecule has 1 saturated heterocycles. The monoisotopic (exact) mass is 255 g/mol. The van der Waals surface area contributed by atoms with Gasteiger partial charge in [0.15, 0.2) is 5.11 Å². The Hall–Kier alpha value is -0.980. The number of para-hydroxylation sites is 2. The van der Waals surface area contributed by atoms with Crippen molar-refractivity contribution >= 4 is 40.7 Å². The number of benzene rings is 1. The van der Waals surface area contributed by atoms with Crippen LogP contribution in [-0.4, -0.2) is 24.1 Å². The van der Waals surface area contributed by atoms with Crippen molar-refractivity contribution in [1.29, 1.82) is 0 Å². The van der Waals surface area contributed by atoms with Crippen LogP contribution in [0.4, 0.5) is 11.4 Å². The Labute approximate surface area is 104 Å². The lowest BCUT2D eigenvalue weighted by Crippen LogP contribution is -2.31. The van der Waals surface area contributed by atoms with E-state index in [9.17, 15) is 0 Å². The highest BCUT2D eigenvalue weighted by atomic mass is 32.2. The van der Waals surface area contributed by atoms with Gasteiger partial charge < -0.3 is 20.1 Å². The summed E-state index contributed by atoms with van der Waals surface area (Å²) in [4.78, 5) is 2.23. The molecular weight excluding hydrogens is 242 g/mol. The summed E-state index contributed by atoms with van der Waals surface area (Å²) in [7, 11) is 0. The summed E-state index contributed by atoms with van der Waals surface area (Å²) < 4.78 is 5.25. The van der Waals surface area contributed by atoms with Crippen LogP contribution in [-0.2, 0) is 4.18 Å². The smallest absolute Gasteiger partial charge is 0.168 e. The first kappa shape index (κ1) is 11.5. The van der Waals surface area contributed by atoms with Crippen molar-refractivity contribution < 1.29 is 4.18 Å². The minimum absolute atomic E-state index is 0.286. The minimum Gasteiger partial charge on any atom is -0.376 e. The maximum absolute atomic E-state index is 5.49. The molecule has 1 aliphatic rings. The second-order valence-corrected chi connectivity index (χ2v) is 4.51. The molecule has 0 saturated carbocycles. The van der Waals surface area contributed by atoms with Crippen LogP contribution in [0.5, 0.6) is 0 Å². The third-order valence-corrected chi connectivity index (χ3v) is 3.09. The Kier molecular flexibility index (Phi) is 3.87. The first-order valence-electron chi connectivity index (χ1n) is 4.92. The third kappa shape index (κ3) is 2.78. The Morgan fingerprint density at radius 2 is 2.31 bits per heavy atom. The molecular formula is C10H13N3OS2. The van der Waals surface area contributed by atoms with E-state index in [-0.39, 0.29) is 5.11 Å². The fourth-order valence-electron chi connectivity index (χ4n) is 1.55. The average molecular weight is 255 g/mol. The highest BCUT2D eigenvalue weighted by Crippen LogP contribution is 2.28. The van der Waals surface area contributed by atoms with Crippen molar-refractivity contribution in [3.05, 3.63) is 24.3 Å². The molecule has 2 rings (SSSR count). The molecule has 1 aromatic rings. The number of nitrogens with two attached hydrogens (primary N) is 1. The molecule has 0 aliphatic carbocycles. The molecule has 86 valence electrons. The summed E-state index contributed by atoms with van der Waals surface area (Å²) in [5.41, 5.74) is 7.54. The molecule has 0 amide bonds. The molecule has 6 heteroatoms. The second-order valence-electron chi connectivity index (χ2n) is 3.34. The number of thiocarbonyl (C=S) groups is 1. The largest absolute Gasteiger partial charge is 0.376 e. The summed E-state index contributed by atoms with van der Waals surface area (Å²) in [6.45, 7) is 1.61. The van der Waals surface area contributed by atoms with Crippen LogP contribution in [0.15, 0.2) is 24.3 Å². The quantitative estimate of drug-likeness (QED) is 0.620. The van der Waals surface area contributed by atoms with Crippen molar-refractivity contribution in [3.63, 3.8) is 0 Å². The minimum atomic E-state index is 0.286. The van der Waals surface area contributed by atoms with E-state index in [0.29, 0.717) is 0 Å². The average Bonchev–Trinajstić information content (AvgIpc) is 2.30. The Morgan fingerprint density at radius 1 is 1.50 bits per heavy atom. The van der Waals surface area contributed by atoms with Crippen molar-refractivity contribution in [2.24, 2.45) is 5.73 Å². The number of hydrogen-bond donors (Lipinski definition) is 2. The fraction of sp³-hybridized carbons (Fsp3) is 0.300. The van der Waals surface area contributed by atoms with Gasteiger partial charge in [0.25, 0.3) is 0 Å². The molecule has 0 aromatic heterocycles. The zero-order valence-corrected chi connectivity index (χ0v) is 10.3. The van der Waals surface area contributed by atoms with Crippen molar-refractivity contribution in [1.82, 2.24) is 0 Å². The van der Waals surface area contributed by atoms with E-state index in [0.717, 1.165) is 30.4 Å². The fourth-order valence-corrected chi connectivity index (χ4v) is 2.32. The molecule has 4 nitrogen and oxygen atoms in total. The van der Waals surface area contributed by atoms with E-state index in [1.165, 1.54) is 12.0 Å². The van der Waals surface area contributed by atoms with Gasteiger partial charge in [0.2, 0.25) is 0 Å². The van der Waals surface area contributed by atoms with Crippen LogP contribution >= 0.6 is 24.3 Å². The van der Waals surface area contributed by atoms with Gasteiger partial charge in [-0.25, -0.2) is 0 Å². The second kappa shape index (κ2) is 5.38. The van der Waals surface area contributed by atoms with Gasteiger partial charge in [0.05, 0.1) is 23.9 Å². The number of nitrogens with one attached hydrogen (secondary N) is 1. The van der Waals surface area contributed by atoms with E-state index >= 15 is 0 Å². The number of nitrogens with zero attached hydrogens (tertiary/aromatic N) is 1. The number of anilines is 2. The molecule has 0 spiro atoms. The number of hydrogen-bond acceptors (Lipinski definition) is 4. The van der Waals surface area contributed by atoms with Gasteiger partial charge in [-0.3, -0.25) is 0 Å². The molecule has 1 fully saturated rings. The van der Waals surface area contributed by atoms with E-state index < -0.39 is 0 Å². The SMILES string of the molecule is NC(=S)Nc1ccccc1N1CCOSC1. The summed E-state index contributed by atoms with van der Waals surface area (Å²) >= 11 is 6.32. The summed E-state index contributed by atoms with van der Waals surface area (Å²) in [6, 6.07) is 7.97. The molecule has 1 aromatic carbocycles. The van der Waals surface area contributed by atoms with Gasteiger partial charge in [0, 0.05) is 18.6 Å². The first-order valence-corrected chi connectivity index (χ1v) is 6.24. The van der Waals surface area contributed by atoms with E-state index in [1.54, 1.807) is 0 Å². The Balaban J connectivity index is 2.20. The molecule has 0 radical (unpaired) electrons. The predicted molar refractivity (Wildman–Crippen MR) is 72.6 cm³/mol. The maximum atomic E-state index is 5.49. The van der Waals surface area contributed by atoms with E-state index in [4.69, 9.17) is 22.1 Å². The normalized spacial score (nSPS) is 15.9. The zero-order chi connectivity index (χ0) is 11.4. The lowest BCUT2D eigenvalue weighted by atomic mass is 10.2. The lowest BCUT2D eigenvalue weighted by molar-refractivity contribution is 0.367. The summed E-state index contributed by atoms with van der Waals surface area (Å²) in [5, 5.41) is 3.27. The van der Waals surface area contributed by atoms with Crippen molar-refractivity contribution in [2.75, 3.05) is 29.2 Å². The van der Waals surface area contributed by atoms with Crippen LogP contribution in [0.1, 0.15) is 0 Å². The Bertz CT molecular complexity index is 380. The molecule has 16 heavy (non-hydrogen) atoms. The van der Waals surface area contributed by atoms with Crippen LogP contribution in [0.25, 0.3) is 0 Å². The van der Waals surface area contributed by atoms with Gasteiger partial charge in [-0.1, -0.05) is 12.1 Å². The molecule has 0 unspecified atom stereocenters. The van der Waals surface area contributed by atoms with Crippen LogP contribution in [0.3, 0.4) is 0 Å². The van der Waals surface area contributed by atoms with Gasteiger partial charge in [-0.05, 0) is 24.4 Å². The topological polar surface area (TPSA) is 50.5 Å². The first-order chi connectivity index (χ1) is 7.77. The van der Waals surface area contributed by atoms with Gasteiger partial charge in [0.1, 0.15) is 0 Å². The lowest BCUT2D eigenvalue weighted by Gasteiger charge is -2.29. The van der Waals surface area contributed by atoms with Gasteiger partial charge in [-0.15, -0.1) is 0 Å². The maximum Gasteiger partial charge on any atom is 0.168 e. The van der Waals surface area contributed by atoms with Crippen molar-refractivity contribution in [3.8, 4) is 0 Å². The predicted octanol–water partition coefficient (Wildman–Crippen LogP) is 1.78. The van der Waals surface area contributed by atoms with Crippen molar-refractivity contribution in [2.45, 2.75) is 0 Å². The summed E-state index contributed by atoms with van der Waals surface area (Å²) in [5.74, 6) is 0.816. The molecule has 3 N–H and O–H groups in total. The Morgan fingerprint density at radius 3 is 3.00 bits per heavy atom. The third-order valence-electron chi connectivity index (χ3n) is 2.24. The number of rotatable bonds is 2. The molecule has 0 bridgehead atoms. The summed E-state index contributed by atoms with van der Waals surface area (Å²) in [6.07, 6.45) is 0. The zero-order valence-electron chi connectivity index (χ0n) is 8.68.